The fourth-order valence-corrected chi connectivity index (χ4v) is 1.11. The van der Waals surface area contributed by atoms with E-state index in [2.05, 4.69) is 0 Å². The summed E-state index contributed by atoms with van der Waals surface area (Å²) >= 11 is 0. The van der Waals surface area contributed by atoms with Crippen LogP contribution in [0.4, 0.5) is 0 Å². The Morgan fingerprint density at radius 1 is 1.33 bits per heavy atom. The van der Waals surface area contributed by atoms with E-state index in [-0.39, 0.29) is 0 Å². The van der Waals surface area contributed by atoms with Crippen LogP contribution in [0.2, 0.25) is 0 Å². The first-order valence-electron chi connectivity index (χ1n) is 3.15. The standard InChI is InChI=1S/C6H14O2S/c1-4-5-6(2,3)9(7)8/h9H,4-5H2,1-3H3. The highest BCUT2D eigenvalue weighted by Crippen LogP contribution is 2.14. The van der Waals surface area contributed by atoms with Crippen molar-refractivity contribution in [3.63, 3.8) is 0 Å². The van der Waals surface area contributed by atoms with Gasteiger partial charge in [0.25, 0.3) is 0 Å². The molecule has 9 heavy (non-hydrogen) atoms. The maximum absolute atomic E-state index is 10.4. The quantitative estimate of drug-likeness (QED) is 0.613. The van der Waals surface area contributed by atoms with Crippen molar-refractivity contribution in [2.24, 2.45) is 0 Å². The molecule has 0 aromatic rings. The van der Waals surface area contributed by atoms with E-state index < -0.39 is 15.5 Å². The lowest BCUT2D eigenvalue weighted by atomic mass is 10.1. The summed E-state index contributed by atoms with van der Waals surface area (Å²) in [7, 11) is -2.25. The second kappa shape index (κ2) is 3.20. The lowest BCUT2D eigenvalue weighted by Gasteiger charge is -2.14. The van der Waals surface area contributed by atoms with Gasteiger partial charge in [-0.25, -0.2) is 8.42 Å². The molecule has 0 saturated heterocycles. The summed E-state index contributed by atoms with van der Waals surface area (Å²) in [5, 5.41) is 0. The summed E-state index contributed by atoms with van der Waals surface area (Å²) in [6, 6.07) is 0. The van der Waals surface area contributed by atoms with Crippen LogP contribution in [0.1, 0.15) is 33.6 Å². The number of rotatable bonds is 3. The molecule has 0 amide bonds. The van der Waals surface area contributed by atoms with Crippen molar-refractivity contribution in [2.75, 3.05) is 0 Å². The van der Waals surface area contributed by atoms with E-state index in [1.165, 1.54) is 0 Å². The zero-order chi connectivity index (χ0) is 7.49. The van der Waals surface area contributed by atoms with Gasteiger partial charge in [-0.15, -0.1) is 0 Å². The van der Waals surface area contributed by atoms with Crippen LogP contribution in [-0.2, 0) is 10.7 Å². The highest BCUT2D eigenvalue weighted by atomic mass is 32.2. The molecule has 0 aliphatic rings. The minimum Gasteiger partial charge on any atom is -0.231 e. The first-order chi connectivity index (χ1) is 4.00. The lowest BCUT2D eigenvalue weighted by molar-refractivity contribution is 0.542. The van der Waals surface area contributed by atoms with Crippen LogP contribution in [0.15, 0.2) is 0 Å². The summed E-state index contributed by atoms with van der Waals surface area (Å²) in [6.07, 6.45) is 1.68. The summed E-state index contributed by atoms with van der Waals surface area (Å²) in [5.74, 6) is 0. The summed E-state index contributed by atoms with van der Waals surface area (Å²) in [4.78, 5) is 0. The molecule has 0 spiro atoms. The van der Waals surface area contributed by atoms with Gasteiger partial charge < -0.3 is 0 Å². The van der Waals surface area contributed by atoms with Gasteiger partial charge in [-0.05, 0) is 20.3 Å². The highest BCUT2D eigenvalue weighted by molar-refractivity contribution is 7.74. The van der Waals surface area contributed by atoms with E-state index in [4.69, 9.17) is 0 Å². The minimum atomic E-state index is -2.25. The molecule has 0 fully saturated rings. The van der Waals surface area contributed by atoms with Gasteiger partial charge in [0.2, 0.25) is 0 Å². The molecular weight excluding hydrogens is 136 g/mol. The van der Waals surface area contributed by atoms with Crippen LogP contribution in [0.25, 0.3) is 0 Å². The van der Waals surface area contributed by atoms with Crippen molar-refractivity contribution in [3.05, 3.63) is 0 Å². The molecule has 0 saturated carbocycles. The Hall–Kier alpha value is -0.0500. The SMILES string of the molecule is CCCC(C)(C)[SH](=O)=O. The third-order valence-electron chi connectivity index (χ3n) is 1.36. The fourth-order valence-electron chi connectivity index (χ4n) is 0.703. The molecule has 0 aromatic heterocycles. The van der Waals surface area contributed by atoms with Crippen LogP contribution in [-0.4, -0.2) is 13.2 Å². The average Bonchev–Trinajstić information content (AvgIpc) is 1.65. The monoisotopic (exact) mass is 150 g/mol. The first kappa shape index (κ1) is 8.95. The number of hydrogen-bond donors (Lipinski definition) is 1. The van der Waals surface area contributed by atoms with Gasteiger partial charge >= 0.3 is 0 Å². The molecule has 0 bridgehead atoms. The highest BCUT2D eigenvalue weighted by Gasteiger charge is 2.19. The lowest BCUT2D eigenvalue weighted by Crippen LogP contribution is -2.20. The maximum Gasteiger partial charge on any atom is 0.145 e. The second-order valence-electron chi connectivity index (χ2n) is 2.82. The molecule has 56 valence electrons. The summed E-state index contributed by atoms with van der Waals surface area (Å²) in [5.41, 5.74) is 0. The van der Waals surface area contributed by atoms with Gasteiger partial charge in [-0.3, -0.25) is 0 Å². The van der Waals surface area contributed by atoms with Gasteiger partial charge in [0.15, 0.2) is 0 Å². The molecule has 0 radical (unpaired) electrons. The van der Waals surface area contributed by atoms with E-state index in [0.717, 1.165) is 12.8 Å². The van der Waals surface area contributed by atoms with Crippen molar-refractivity contribution >= 4 is 10.7 Å². The zero-order valence-corrected chi connectivity index (χ0v) is 7.07. The minimum absolute atomic E-state index is 0.496. The Labute approximate surface area is 58.2 Å². The third kappa shape index (κ3) is 2.84. The van der Waals surface area contributed by atoms with Crippen LogP contribution in [0.5, 0.6) is 0 Å². The zero-order valence-electron chi connectivity index (χ0n) is 6.18. The molecule has 0 atom stereocenters. The Bertz CT molecular complexity index is 139. The van der Waals surface area contributed by atoms with Crippen LogP contribution >= 0.6 is 0 Å². The molecule has 3 heteroatoms. The Kier molecular flexibility index (Phi) is 3.18. The molecule has 0 heterocycles. The largest absolute Gasteiger partial charge is 0.231 e. The average molecular weight is 150 g/mol. The van der Waals surface area contributed by atoms with Gasteiger partial charge in [0, 0.05) is 0 Å². The molecule has 0 aliphatic carbocycles. The van der Waals surface area contributed by atoms with Gasteiger partial charge in [0.05, 0.1) is 4.75 Å². The van der Waals surface area contributed by atoms with E-state index in [9.17, 15) is 8.42 Å². The van der Waals surface area contributed by atoms with Gasteiger partial charge in [-0.2, -0.15) is 0 Å². The molecular formula is C6H14O2S. The van der Waals surface area contributed by atoms with Crippen molar-refractivity contribution in [1.29, 1.82) is 0 Å². The van der Waals surface area contributed by atoms with Crippen LogP contribution in [0, 0.1) is 0 Å². The third-order valence-corrected chi connectivity index (χ3v) is 2.57. The molecule has 0 aromatic carbocycles. The van der Waals surface area contributed by atoms with Gasteiger partial charge in [-0.1, -0.05) is 13.3 Å². The van der Waals surface area contributed by atoms with Crippen molar-refractivity contribution in [3.8, 4) is 0 Å². The molecule has 0 aliphatic heterocycles. The number of thiol groups is 1. The van der Waals surface area contributed by atoms with Gasteiger partial charge in [0.1, 0.15) is 10.7 Å². The second-order valence-corrected chi connectivity index (χ2v) is 4.54. The predicted octanol–water partition coefficient (Wildman–Crippen LogP) is 1.18. The van der Waals surface area contributed by atoms with Crippen LogP contribution < -0.4 is 0 Å². The molecule has 0 N–H and O–H groups in total. The fraction of sp³-hybridized carbons (Fsp3) is 1.00. The van der Waals surface area contributed by atoms with Crippen LogP contribution in [0.3, 0.4) is 0 Å². The number of hydrogen-bond acceptors (Lipinski definition) is 2. The van der Waals surface area contributed by atoms with Crippen molar-refractivity contribution in [2.45, 2.75) is 38.4 Å². The maximum atomic E-state index is 10.4. The molecule has 0 rings (SSSR count). The van der Waals surface area contributed by atoms with E-state index in [1.807, 2.05) is 6.92 Å². The van der Waals surface area contributed by atoms with Crippen molar-refractivity contribution in [1.82, 2.24) is 0 Å². The normalized spacial score (nSPS) is 12.4. The smallest absolute Gasteiger partial charge is 0.145 e. The Morgan fingerprint density at radius 2 is 1.78 bits per heavy atom. The summed E-state index contributed by atoms with van der Waals surface area (Å²) in [6.45, 7) is 5.49. The van der Waals surface area contributed by atoms with E-state index >= 15 is 0 Å². The topological polar surface area (TPSA) is 34.1 Å². The van der Waals surface area contributed by atoms with Crippen molar-refractivity contribution < 1.29 is 8.42 Å². The van der Waals surface area contributed by atoms with E-state index in [0.29, 0.717) is 0 Å². The first-order valence-corrected chi connectivity index (χ1v) is 4.33. The summed E-state index contributed by atoms with van der Waals surface area (Å²) < 4.78 is 20.4. The Balaban J connectivity index is 4.02. The van der Waals surface area contributed by atoms with E-state index in [1.54, 1.807) is 13.8 Å². The molecule has 0 unspecified atom stereocenters. The predicted molar refractivity (Wildman–Crippen MR) is 39.3 cm³/mol. The molecule has 2 nitrogen and oxygen atoms in total. The Morgan fingerprint density at radius 3 is 1.89 bits per heavy atom.